The van der Waals surface area contributed by atoms with Crippen LogP contribution in [0.4, 0.5) is 4.39 Å². The molecule has 4 heterocycles. The largest absolute Gasteiger partial charge is 0.480 e. The first-order valence-corrected chi connectivity index (χ1v) is 14.4. The van der Waals surface area contributed by atoms with Gasteiger partial charge in [-0.2, -0.15) is 11.3 Å². The number of nitrogens with zero attached hydrogens (tertiary/aromatic N) is 4. The molecule has 0 radical (unpaired) electrons. The number of imidazole rings is 1. The molecule has 2 unspecified atom stereocenters. The number of aliphatic carboxylic acids is 1. The van der Waals surface area contributed by atoms with Crippen LogP contribution in [0.5, 0.6) is 0 Å². The Balaban J connectivity index is 1.19. The highest BCUT2D eigenvalue weighted by molar-refractivity contribution is 7.08. The maximum Gasteiger partial charge on any atom is 0.323 e. The summed E-state index contributed by atoms with van der Waals surface area (Å²) >= 11 is 1.68. The lowest BCUT2D eigenvalue weighted by molar-refractivity contribution is -0.137. The van der Waals surface area contributed by atoms with Gasteiger partial charge in [0.05, 0.1) is 22.9 Å². The smallest absolute Gasteiger partial charge is 0.323 e. The molecule has 2 fully saturated rings. The van der Waals surface area contributed by atoms with Gasteiger partial charge in [0.25, 0.3) is 5.91 Å². The topological polar surface area (TPSA) is 78.7 Å². The molecule has 0 bridgehead atoms. The monoisotopic (exact) mass is 546 g/mol. The number of benzene rings is 2. The van der Waals surface area contributed by atoms with E-state index in [2.05, 4.69) is 26.7 Å². The van der Waals surface area contributed by atoms with Crippen LogP contribution < -0.4 is 0 Å². The molecule has 2 aliphatic rings. The number of rotatable bonds is 7. The molecular formula is C30H31FN4O3S. The average Bonchev–Trinajstić information content (AvgIpc) is 3.69. The molecule has 2 atom stereocenters. The number of aromatic nitrogens is 2. The quantitative estimate of drug-likeness (QED) is 0.351. The first-order chi connectivity index (χ1) is 19.0. The normalized spacial score (nSPS) is 20.6. The second-order valence-corrected chi connectivity index (χ2v) is 11.5. The lowest BCUT2D eigenvalue weighted by atomic mass is 9.87. The fourth-order valence-electron chi connectivity index (χ4n) is 6.34. The van der Waals surface area contributed by atoms with Gasteiger partial charge in [-0.15, -0.1) is 0 Å². The molecule has 2 aliphatic heterocycles. The highest BCUT2D eigenvalue weighted by Crippen LogP contribution is 2.37. The van der Waals surface area contributed by atoms with Gasteiger partial charge in [-0.05, 0) is 90.0 Å². The number of halogens is 1. The third-order valence-corrected chi connectivity index (χ3v) is 9.00. The highest BCUT2D eigenvalue weighted by atomic mass is 32.1. The van der Waals surface area contributed by atoms with E-state index >= 15 is 0 Å². The molecule has 39 heavy (non-hydrogen) atoms. The average molecular weight is 547 g/mol. The zero-order chi connectivity index (χ0) is 26.9. The van der Waals surface area contributed by atoms with Crippen molar-refractivity contribution in [3.05, 3.63) is 88.1 Å². The molecule has 0 aliphatic carbocycles. The van der Waals surface area contributed by atoms with E-state index in [1.54, 1.807) is 40.2 Å². The molecule has 2 aromatic carbocycles. The first kappa shape index (κ1) is 25.7. The second kappa shape index (κ2) is 10.9. The molecule has 9 heteroatoms. The number of carbonyl (C=O) groups excluding carboxylic acids is 1. The van der Waals surface area contributed by atoms with Gasteiger partial charge in [0.1, 0.15) is 12.4 Å². The van der Waals surface area contributed by atoms with Gasteiger partial charge >= 0.3 is 5.97 Å². The van der Waals surface area contributed by atoms with Gasteiger partial charge in [-0.3, -0.25) is 9.59 Å². The third kappa shape index (κ3) is 5.33. The number of piperidine rings is 1. The molecule has 1 N–H and O–H groups in total. The predicted octanol–water partition coefficient (Wildman–Crippen LogP) is 5.06. The minimum absolute atomic E-state index is 0.0783. The van der Waals surface area contributed by atoms with Crippen LogP contribution in [0, 0.1) is 11.7 Å². The summed E-state index contributed by atoms with van der Waals surface area (Å²) in [6, 6.07) is 14.5. The Morgan fingerprint density at radius 1 is 1.03 bits per heavy atom. The van der Waals surface area contributed by atoms with Crippen molar-refractivity contribution in [2.24, 2.45) is 5.92 Å². The third-order valence-electron chi connectivity index (χ3n) is 8.30. The molecule has 2 saturated heterocycles. The number of carboxylic acid groups (broad SMARTS) is 1. The molecule has 0 spiro atoms. The SMILES string of the molecule is O=C(O)Cn1cnc2cccc(C(=O)N3CC(CN4CCC(c5ccc(F)cc5)CC4)C(c4ccsc4)C3)c21. The van der Waals surface area contributed by atoms with Gasteiger partial charge in [0, 0.05) is 25.6 Å². The molecule has 202 valence electrons. The van der Waals surface area contributed by atoms with Crippen molar-refractivity contribution in [3.63, 3.8) is 0 Å². The molecule has 6 rings (SSSR count). The first-order valence-electron chi connectivity index (χ1n) is 13.4. The second-order valence-electron chi connectivity index (χ2n) is 10.7. The van der Waals surface area contributed by atoms with Crippen LogP contribution in [0.3, 0.4) is 0 Å². The van der Waals surface area contributed by atoms with Crippen LogP contribution in [-0.4, -0.2) is 69.1 Å². The van der Waals surface area contributed by atoms with Crippen LogP contribution in [0.25, 0.3) is 11.0 Å². The summed E-state index contributed by atoms with van der Waals surface area (Å²) in [5.74, 6) is -0.248. The van der Waals surface area contributed by atoms with E-state index in [1.165, 1.54) is 17.5 Å². The molecular weight excluding hydrogens is 515 g/mol. The lowest BCUT2D eigenvalue weighted by Crippen LogP contribution is -2.38. The number of likely N-dealkylation sites (tertiary alicyclic amines) is 2. The highest BCUT2D eigenvalue weighted by Gasteiger charge is 2.38. The van der Waals surface area contributed by atoms with Gasteiger partial charge < -0.3 is 19.5 Å². The Morgan fingerprint density at radius 2 is 1.82 bits per heavy atom. The molecule has 2 aromatic heterocycles. The van der Waals surface area contributed by atoms with E-state index in [0.717, 1.165) is 32.5 Å². The number of thiophene rings is 1. The molecule has 4 aromatic rings. The van der Waals surface area contributed by atoms with Gasteiger partial charge in [-0.1, -0.05) is 18.2 Å². The van der Waals surface area contributed by atoms with Crippen molar-refractivity contribution in [2.45, 2.75) is 31.2 Å². The standard InChI is InChI=1S/C30H31FN4O3S/c31-24-6-4-20(5-7-24)21-8-11-33(12-9-21)14-23-15-34(16-26(23)22-10-13-39-18-22)30(38)25-2-1-3-27-29(25)35(19-32-27)17-28(36)37/h1-7,10,13,18-19,21,23,26H,8-9,11-12,14-17H2,(H,36,37). The number of hydrogen-bond acceptors (Lipinski definition) is 5. The molecule has 0 saturated carbocycles. The number of para-hydroxylation sites is 1. The fourth-order valence-corrected chi connectivity index (χ4v) is 7.06. The maximum atomic E-state index is 13.9. The van der Waals surface area contributed by atoms with Crippen LogP contribution >= 0.6 is 11.3 Å². The van der Waals surface area contributed by atoms with Crippen molar-refractivity contribution >= 4 is 34.2 Å². The van der Waals surface area contributed by atoms with Crippen molar-refractivity contribution in [1.82, 2.24) is 19.4 Å². The molecule has 1 amide bonds. The van der Waals surface area contributed by atoms with Gasteiger partial charge in [-0.25, -0.2) is 9.37 Å². The number of carboxylic acids is 1. The zero-order valence-corrected chi connectivity index (χ0v) is 22.4. The Hall–Kier alpha value is -3.56. The van der Waals surface area contributed by atoms with E-state index < -0.39 is 5.97 Å². The predicted molar refractivity (Wildman–Crippen MR) is 149 cm³/mol. The Kier molecular flexibility index (Phi) is 7.18. The van der Waals surface area contributed by atoms with Gasteiger partial charge in [0.2, 0.25) is 0 Å². The summed E-state index contributed by atoms with van der Waals surface area (Å²) < 4.78 is 14.9. The Bertz CT molecular complexity index is 1460. The summed E-state index contributed by atoms with van der Waals surface area (Å²) in [6.07, 6.45) is 3.57. The minimum atomic E-state index is -0.974. The zero-order valence-electron chi connectivity index (χ0n) is 21.6. The summed E-state index contributed by atoms with van der Waals surface area (Å²) in [5.41, 5.74) is 4.17. The lowest BCUT2D eigenvalue weighted by Gasteiger charge is -2.34. The van der Waals surface area contributed by atoms with Gasteiger partial charge in [0.15, 0.2) is 0 Å². The van der Waals surface area contributed by atoms with E-state index in [9.17, 15) is 19.1 Å². The van der Waals surface area contributed by atoms with Crippen molar-refractivity contribution < 1.29 is 19.1 Å². The van der Waals surface area contributed by atoms with E-state index in [-0.39, 0.29) is 24.2 Å². The van der Waals surface area contributed by atoms with Crippen molar-refractivity contribution in [2.75, 3.05) is 32.7 Å². The van der Waals surface area contributed by atoms with Crippen LogP contribution in [0.2, 0.25) is 0 Å². The fraction of sp³-hybridized carbons (Fsp3) is 0.367. The number of hydrogen-bond donors (Lipinski definition) is 1. The van der Waals surface area contributed by atoms with E-state index in [0.29, 0.717) is 41.5 Å². The van der Waals surface area contributed by atoms with Crippen molar-refractivity contribution in [3.8, 4) is 0 Å². The number of fused-ring (bicyclic) bond motifs is 1. The molecule has 7 nitrogen and oxygen atoms in total. The van der Waals surface area contributed by atoms with Crippen LogP contribution in [-0.2, 0) is 11.3 Å². The van der Waals surface area contributed by atoms with Crippen LogP contribution in [0.15, 0.2) is 65.6 Å². The van der Waals surface area contributed by atoms with Crippen molar-refractivity contribution in [1.29, 1.82) is 0 Å². The Morgan fingerprint density at radius 3 is 2.54 bits per heavy atom. The van der Waals surface area contributed by atoms with E-state index in [1.807, 2.05) is 23.1 Å². The maximum absolute atomic E-state index is 13.9. The summed E-state index contributed by atoms with van der Waals surface area (Å²) in [6.45, 7) is 3.93. The number of amides is 1. The Labute approximate surface area is 230 Å². The number of carbonyl (C=O) groups is 2. The van der Waals surface area contributed by atoms with Crippen LogP contribution in [0.1, 0.15) is 46.2 Å². The van der Waals surface area contributed by atoms with E-state index in [4.69, 9.17) is 0 Å². The summed E-state index contributed by atoms with van der Waals surface area (Å²) in [4.78, 5) is 34.1. The summed E-state index contributed by atoms with van der Waals surface area (Å²) in [5, 5.41) is 13.6. The minimum Gasteiger partial charge on any atom is -0.480 e. The summed E-state index contributed by atoms with van der Waals surface area (Å²) in [7, 11) is 0.